The number of hydrogen-bond donors (Lipinski definition) is 1. The number of aromatic nitrogens is 3. The molecule has 1 N–H and O–H groups in total. The molecule has 2 aromatic heterocycles. The summed E-state index contributed by atoms with van der Waals surface area (Å²) in [6.45, 7) is 10.6. The maximum absolute atomic E-state index is 12.5. The van der Waals surface area contributed by atoms with Gasteiger partial charge in [0.15, 0.2) is 0 Å². The van der Waals surface area contributed by atoms with Gasteiger partial charge in [-0.25, -0.2) is 0 Å². The predicted molar refractivity (Wildman–Crippen MR) is 143 cm³/mol. The molecule has 3 aromatic rings. The Hall–Kier alpha value is -3.30. The van der Waals surface area contributed by atoms with Gasteiger partial charge in [0, 0.05) is 68.0 Å². The normalized spacial score (nSPS) is 19.7. The molecular formula is C29H37N5O4. The van der Waals surface area contributed by atoms with Crippen LogP contribution in [-0.2, 0) is 10.4 Å². The highest BCUT2D eigenvalue weighted by Gasteiger charge is 2.55. The Bertz CT molecular complexity index is 1280. The van der Waals surface area contributed by atoms with Crippen LogP contribution < -0.4 is 4.74 Å². The Kier molecular flexibility index (Phi) is 7.00. The van der Waals surface area contributed by atoms with E-state index in [1.807, 2.05) is 49.1 Å². The van der Waals surface area contributed by atoms with Crippen molar-refractivity contribution in [3.8, 4) is 17.1 Å². The lowest BCUT2D eigenvalue weighted by atomic mass is 9.62. The fraction of sp³-hybridized carbons (Fsp3) is 0.517. The van der Waals surface area contributed by atoms with Gasteiger partial charge in [-0.2, -0.15) is 4.98 Å². The van der Waals surface area contributed by atoms with Crippen LogP contribution in [0.3, 0.4) is 0 Å². The molecule has 0 aliphatic carbocycles. The van der Waals surface area contributed by atoms with E-state index in [4.69, 9.17) is 9.26 Å². The average molecular weight is 520 g/mol. The van der Waals surface area contributed by atoms with Crippen molar-refractivity contribution in [3.63, 3.8) is 0 Å². The maximum Gasteiger partial charge on any atom is 0.230 e. The molecule has 1 aromatic carbocycles. The highest BCUT2D eigenvalue weighted by atomic mass is 16.5. The molecule has 9 heteroatoms. The minimum Gasteiger partial charge on any atom is -0.491 e. The number of ether oxygens (including phenoxy) is 1. The summed E-state index contributed by atoms with van der Waals surface area (Å²) in [5.74, 6) is 2.01. The molecule has 0 bridgehead atoms. The molecule has 38 heavy (non-hydrogen) atoms. The molecule has 2 fully saturated rings. The quantitative estimate of drug-likeness (QED) is 0.502. The highest BCUT2D eigenvalue weighted by Crippen LogP contribution is 2.50. The molecule has 5 rings (SSSR count). The first-order valence-corrected chi connectivity index (χ1v) is 13.3. The fourth-order valence-corrected chi connectivity index (χ4v) is 6.00. The number of rotatable bonds is 7. The van der Waals surface area contributed by atoms with Crippen LogP contribution in [0.15, 0.2) is 47.2 Å². The summed E-state index contributed by atoms with van der Waals surface area (Å²) in [7, 11) is 2.05. The monoisotopic (exact) mass is 519 g/mol. The van der Waals surface area contributed by atoms with E-state index in [-0.39, 0.29) is 17.9 Å². The van der Waals surface area contributed by atoms with Gasteiger partial charge in [0.25, 0.3) is 0 Å². The highest BCUT2D eigenvalue weighted by molar-refractivity contribution is 5.73. The Balaban J connectivity index is 1.45. The summed E-state index contributed by atoms with van der Waals surface area (Å²) in [5, 5.41) is 16.7. The van der Waals surface area contributed by atoms with Crippen molar-refractivity contribution in [1.82, 2.24) is 24.9 Å². The van der Waals surface area contributed by atoms with E-state index < -0.39 is 11.0 Å². The van der Waals surface area contributed by atoms with Crippen molar-refractivity contribution in [2.24, 2.45) is 5.41 Å². The van der Waals surface area contributed by atoms with E-state index in [2.05, 4.69) is 34.0 Å². The molecule has 9 nitrogen and oxygen atoms in total. The average Bonchev–Trinajstić information content (AvgIpc) is 3.38. The zero-order valence-electron chi connectivity index (χ0n) is 22.8. The number of aliphatic hydroxyl groups is 1. The molecular weight excluding hydrogens is 482 g/mol. The van der Waals surface area contributed by atoms with Crippen molar-refractivity contribution in [2.45, 2.75) is 58.2 Å². The molecule has 0 radical (unpaired) electrons. The summed E-state index contributed by atoms with van der Waals surface area (Å²) in [4.78, 5) is 24.9. The largest absolute Gasteiger partial charge is 0.491 e. The lowest BCUT2D eigenvalue weighted by molar-refractivity contribution is -0.129. The van der Waals surface area contributed by atoms with Crippen molar-refractivity contribution in [3.05, 3.63) is 59.7 Å². The van der Waals surface area contributed by atoms with Crippen LogP contribution in [0.1, 0.15) is 63.5 Å². The number of carbonyl (C=O) groups excluding carboxylic acids is 1. The van der Waals surface area contributed by atoms with E-state index in [0.29, 0.717) is 35.9 Å². The summed E-state index contributed by atoms with van der Waals surface area (Å²) >= 11 is 0. The molecule has 0 unspecified atom stereocenters. The van der Waals surface area contributed by atoms with Crippen LogP contribution in [0.5, 0.6) is 5.75 Å². The zero-order chi connectivity index (χ0) is 27.1. The van der Waals surface area contributed by atoms with Gasteiger partial charge in [-0.15, -0.1) is 0 Å². The molecule has 0 spiro atoms. The van der Waals surface area contributed by atoms with E-state index in [0.717, 1.165) is 37.2 Å². The lowest BCUT2D eigenvalue weighted by Crippen LogP contribution is -2.63. The Labute approximate surface area is 223 Å². The molecule has 1 atom stereocenters. The second kappa shape index (κ2) is 10.1. The molecule has 1 amide bonds. The number of hydrogen-bond acceptors (Lipinski definition) is 8. The molecule has 2 saturated heterocycles. The SMILES string of the molecule is CC(=O)N1CCC(c2nc(-c3cncc([C@@](O)(c4ccc(OC(C)C)cc4)C4(C)CN(C)C4)c3)no2)CC1. The van der Waals surface area contributed by atoms with E-state index >= 15 is 0 Å². The standard InChI is InChI=1S/C29H37N5O4/c1-19(2)37-25-8-6-23(7-9-25)29(36,28(4)17-33(5)18-28)24-14-22(15-30-16-24)26-31-27(38-32-26)21-10-12-34(13-11-21)20(3)35/h6-9,14-16,19,21,36H,10-13,17-18H2,1-5H3/t29-/m0/s1. The number of nitrogens with zero attached hydrogens (tertiary/aromatic N) is 5. The Morgan fingerprint density at radius 1 is 1.16 bits per heavy atom. The van der Waals surface area contributed by atoms with Crippen LogP contribution in [0.2, 0.25) is 0 Å². The summed E-state index contributed by atoms with van der Waals surface area (Å²) in [5.41, 5.74) is 0.451. The number of amides is 1. The van der Waals surface area contributed by atoms with Gasteiger partial charge in [-0.3, -0.25) is 9.78 Å². The summed E-state index contributed by atoms with van der Waals surface area (Å²) < 4.78 is 11.5. The minimum atomic E-state index is -1.29. The number of benzene rings is 1. The van der Waals surface area contributed by atoms with Crippen LogP contribution in [0.4, 0.5) is 0 Å². The number of likely N-dealkylation sites (tertiary alicyclic amines) is 2. The minimum absolute atomic E-state index is 0.0694. The maximum atomic E-state index is 12.5. The predicted octanol–water partition coefficient (Wildman–Crippen LogP) is 3.83. The second-order valence-corrected chi connectivity index (χ2v) is 11.3. The van der Waals surface area contributed by atoms with E-state index in [1.165, 1.54) is 0 Å². The third-order valence-electron chi connectivity index (χ3n) is 7.90. The van der Waals surface area contributed by atoms with Gasteiger partial charge < -0.3 is 24.2 Å². The van der Waals surface area contributed by atoms with Crippen LogP contribution in [0.25, 0.3) is 11.4 Å². The van der Waals surface area contributed by atoms with Gasteiger partial charge in [-0.05, 0) is 57.5 Å². The topological polar surface area (TPSA) is 105 Å². The first-order chi connectivity index (χ1) is 18.1. The van der Waals surface area contributed by atoms with Crippen LogP contribution >= 0.6 is 0 Å². The fourth-order valence-electron chi connectivity index (χ4n) is 6.00. The van der Waals surface area contributed by atoms with Gasteiger partial charge in [0.2, 0.25) is 17.6 Å². The molecule has 0 saturated carbocycles. The first-order valence-electron chi connectivity index (χ1n) is 13.3. The lowest BCUT2D eigenvalue weighted by Gasteiger charge is -2.55. The second-order valence-electron chi connectivity index (χ2n) is 11.3. The van der Waals surface area contributed by atoms with Crippen molar-refractivity contribution >= 4 is 5.91 Å². The van der Waals surface area contributed by atoms with Crippen molar-refractivity contribution in [1.29, 1.82) is 0 Å². The van der Waals surface area contributed by atoms with E-state index in [9.17, 15) is 9.90 Å². The van der Waals surface area contributed by atoms with E-state index in [1.54, 1.807) is 19.3 Å². The molecule has 4 heterocycles. The number of pyridine rings is 1. The van der Waals surface area contributed by atoms with Crippen molar-refractivity contribution < 1.29 is 19.2 Å². The van der Waals surface area contributed by atoms with Gasteiger partial charge in [0.05, 0.1) is 6.10 Å². The number of carbonyl (C=O) groups is 1. The Morgan fingerprint density at radius 2 is 1.84 bits per heavy atom. The smallest absolute Gasteiger partial charge is 0.230 e. The molecule has 2 aliphatic heterocycles. The molecule has 2 aliphatic rings. The molecule has 202 valence electrons. The zero-order valence-corrected chi connectivity index (χ0v) is 22.8. The van der Waals surface area contributed by atoms with Crippen LogP contribution in [-0.4, -0.2) is 75.3 Å². The Morgan fingerprint density at radius 3 is 2.45 bits per heavy atom. The number of piperidine rings is 1. The summed E-state index contributed by atoms with van der Waals surface area (Å²) in [6, 6.07) is 9.61. The first kappa shape index (κ1) is 26.3. The summed E-state index contributed by atoms with van der Waals surface area (Å²) in [6.07, 6.45) is 5.08. The third kappa shape index (κ3) is 4.80. The van der Waals surface area contributed by atoms with Gasteiger partial charge >= 0.3 is 0 Å². The third-order valence-corrected chi connectivity index (χ3v) is 7.90. The van der Waals surface area contributed by atoms with Crippen LogP contribution in [0, 0.1) is 5.41 Å². The van der Waals surface area contributed by atoms with Gasteiger partial charge in [-0.1, -0.05) is 24.2 Å². The van der Waals surface area contributed by atoms with Gasteiger partial charge in [0.1, 0.15) is 11.4 Å². The van der Waals surface area contributed by atoms with Crippen molar-refractivity contribution in [2.75, 3.05) is 33.2 Å².